The Morgan fingerprint density at radius 1 is 1.27 bits per heavy atom. The van der Waals surface area contributed by atoms with Gasteiger partial charge in [-0.15, -0.1) is 0 Å². The van der Waals surface area contributed by atoms with E-state index in [1.807, 2.05) is 36.1 Å². The highest BCUT2D eigenvalue weighted by molar-refractivity contribution is 5.79. The van der Waals surface area contributed by atoms with Gasteiger partial charge in [0.2, 0.25) is 12.7 Å². The number of benzene rings is 1. The fourth-order valence-corrected chi connectivity index (χ4v) is 3.62. The molecule has 1 aromatic heterocycles. The van der Waals surface area contributed by atoms with E-state index in [2.05, 4.69) is 5.16 Å². The van der Waals surface area contributed by atoms with E-state index < -0.39 is 0 Å². The van der Waals surface area contributed by atoms with Gasteiger partial charge >= 0.3 is 0 Å². The molecule has 1 amide bonds. The van der Waals surface area contributed by atoms with Gasteiger partial charge in [-0.1, -0.05) is 11.2 Å². The summed E-state index contributed by atoms with van der Waals surface area (Å²) in [5.74, 6) is 2.55. The zero-order valence-electron chi connectivity index (χ0n) is 14.9. The Bertz CT molecular complexity index is 803. The smallest absolute Gasteiger partial charge is 0.231 e. The van der Waals surface area contributed by atoms with Crippen molar-refractivity contribution < 1.29 is 23.5 Å². The number of fused-ring (bicyclic) bond motifs is 1. The van der Waals surface area contributed by atoms with Crippen molar-refractivity contribution >= 4 is 5.91 Å². The maximum absolute atomic E-state index is 12.7. The van der Waals surface area contributed by atoms with E-state index in [9.17, 15) is 4.79 Å². The molecule has 1 fully saturated rings. The molecule has 0 bridgehead atoms. The summed E-state index contributed by atoms with van der Waals surface area (Å²) < 4.78 is 21.6. The quantitative estimate of drug-likeness (QED) is 0.814. The minimum absolute atomic E-state index is 0.00103. The Labute approximate surface area is 151 Å². The number of hydrogen-bond donors (Lipinski definition) is 0. The maximum Gasteiger partial charge on any atom is 0.231 e. The SMILES string of the molecule is CO[C@H]1CN(C(=O)Cc2ccc3c(c2)OCO3)C[C@H]1Cc1cc(C)no1. The van der Waals surface area contributed by atoms with Crippen LogP contribution in [0.1, 0.15) is 17.0 Å². The largest absolute Gasteiger partial charge is 0.454 e. The second-order valence-corrected chi connectivity index (χ2v) is 6.84. The van der Waals surface area contributed by atoms with Gasteiger partial charge in [0, 0.05) is 38.6 Å². The van der Waals surface area contributed by atoms with Crippen LogP contribution >= 0.6 is 0 Å². The number of aromatic nitrogens is 1. The van der Waals surface area contributed by atoms with E-state index in [0.29, 0.717) is 31.7 Å². The Balaban J connectivity index is 1.40. The zero-order chi connectivity index (χ0) is 18.1. The molecule has 2 aliphatic rings. The lowest BCUT2D eigenvalue weighted by Crippen LogP contribution is -2.31. The third kappa shape index (κ3) is 3.39. The third-order valence-electron chi connectivity index (χ3n) is 4.97. The molecular formula is C19H22N2O5. The van der Waals surface area contributed by atoms with Crippen molar-refractivity contribution in [1.82, 2.24) is 10.1 Å². The van der Waals surface area contributed by atoms with Crippen LogP contribution in [0, 0.1) is 12.8 Å². The lowest BCUT2D eigenvalue weighted by molar-refractivity contribution is -0.129. The van der Waals surface area contributed by atoms with Gasteiger partial charge in [0.15, 0.2) is 11.5 Å². The first-order valence-corrected chi connectivity index (χ1v) is 8.73. The molecule has 2 aliphatic heterocycles. The van der Waals surface area contributed by atoms with Crippen molar-refractivity contribution in [3.05, 3.63) is 41.3 Å². The van der Waals surface area contributed by atoms with Gasteiger partial charge in [0.1, 0.15) is 5.76 Å². The molecule has 1 aromatic carbocycles. The molecule has 0 spiro atoms. The van der Waals surface area contributed by atoms with Crippen molar-refractivity contribution in [2.75, 3.05) is 27.0 Å². The van der Waals surface area contributed by atoms with Gasteiger partial charge in [0.05, 0.1) is 18.2 Å². The first-order chi connectivity index (χ1) is 12.6. The van der Waals surface area contributed by atoms with Gasteiger partial charge in [-0.3, -0.25) is 4.79 Å². The number of ether oxygens (including phenoxy) is 3. The molecule has 0 N–H and O–H groups in total. The molecular weight excluding hydrogens is 336 g/mol. The number of likely N-dealkylation sites (tertiary alicyclic amines) is 1. The van der Waals surface area contributed by atoms with E-state index in [1.54, 1.807) is 7.11 Å². The van der Waals surface area contributed by atoms with Crippen LogP contribution in [0.5, 0.6) is 11.5 Å². The van der Waals surface area contributed by atoms with Crippen molar-refractivity contribution in [3.63, 3.8) is 0 Å². The topological polar surface area (TPSA) is 74.0 Å². The molecule has 26 heavy (non-hydrogen) atoms. The normalized spacial score (nSPS) is 21.4. The molecule has 7 nitrogen and oxygen atoms in total. The van der Waals surface area contributed by atoms with Crippen molar-refractivity contribution in [2.45, 2.75) is 25.9 Å². The van der Waals surface area contributed by atoms with E-state index >= 15 is 0 Å². The van der Waals surface area contributed by atoms with Gasteiger partial charge in [-0.05, 0) is 24.6 Å². The van der Waals surface area contributed by atoms with Gasteiger partial charge in [-0.2, -0.15) is 0 Å². The van der Waals surface area contributed by atoms with Crippen LogP contribution in [-0.4, -0.2) is 49.1 Å². The summed E-state index contributed by atoms with van der Waals surface area (Å²) in [5, 5.41) is 3.93. The minimum Gasteiger partial charge on any atom is -0.454 e. The summed E-state index contributed by atoms with van der Waals surface area (Å²) in [6.45, 7) is 3.38. The van der Waals surface area contributed by atoms with Crippen LogP contribution in [0.4, 0.5) is 0 Å². The molecule has 0 unspecified atom stereocenters. The van der Waals surface area contributed by atoms with Crippen LogP contribution < -0.4 is 9.47 Å². The molecule has 0 aliphatic carbocycles. The van der Waals surface area contributed by atoms with Crippen LogP contribution in [0.15, 0.2) is 28.8 Å². The molecule has 3 heterocycles. The van der Waals surface area contributed by atoms with Crippen molar-refractivity contribution in [2.24, 2.45) is 5.92 Å². The van der Waals surface area contributed by atoms with E-state index in [0.717, 1.165) is 22.8 Å². The summed E-state index contributed by atoms with van der Waals surface area (Å²) in [4.78, 5) is 14.6. The Hall–Kier alpha value is -2.54. The lowest BCUT2D eigenvalue weighted by Gasteiger charge is -2.16. The number of methoxy groups -OCH3 is 1. The number of nitrogens with zero attached hydrogens (tertiary/aromatic N) is 2. The average Bonchev–Trinajstić information content (AvgIpc) is 3.34. The Morgan fingerprint density at radius 3 is 2.88 bits per heavy atom. The first kappa shape index (κ1) is 16.9. The summed E-state index contributed by atoms with van der Waals surface area (Å²) in [6.07, 6.45) is 1.05. The molecule has 2 atom stereocenters. The Morgan fingerprint density at radius 2 is 2.12 bits per heavy atom. The van der Waals surface area contributed by atoms with Gasteiger partial charge < -0.3 is 23.6 Å². The number of rotatable bonds is 5. The maximum atomic E-state index is 12.7. The number of hydrogen-bond acceptors (Lipinski definition) is 6. The fourth-order valence-electron chi connectivity index (χ4n) is 3.62. The predicted octanol–water partition coefficient (Wildman–Crippen LogP) is 1.97. The molecule has 4 rings (SSSR count). The first-order valence-electron chi connectivity index (χ1n) is 8.73. The van der Waals surface area contributed by atoms with E-state index in [-0.39, 0.29) is 24.7 Å². The fraction of sp³-hybridized carbons (Fsp3) is 0.474. The summed E-state index contributed by atoms with van der Waals surface area (Å²) >= 11 is 0. The highest BCUT2D eigenvalue weighted by Gasteiger charge is 2.36. The third-order valence-corrected chi connectivity index (χ3v) is 4.97. The molecule has 0 radical (unpaired) electrons. The zero-order valence-corrected chi connectivity index (χ0v) is 14.9. The van der Waals surface area contributed by atoms with Crippen molar-refractivity contribution in [3.8, 4) is 11.5 Å². The van der Waals surface area contributed by atoms with Crippen LogP contribution in [0.3, 0.4) is 0 Å². The second-order valence-electron chi connectivity index (χ2n) is 6.84. The van der Waals surface area contributed by atoms with Crippen molar-refractivity contribution in [1.29, 1.82) is 0 Å². The molecule has 138 valence electrons. The highest BCUT2D eigenvalue weighted by atomic mass is 16.7. The molecule has 0 saturated carbocycles. The standard InChI is InChI=1S/C19H22N2O5/c1-12-5-15(26-20-12)8-14-9-21(10-18(14)23-2)19(22)7-13-3-4-16-17(6-13)25-11-24-16/h3-6,14,18H,7-11H2,1-2H3/t14-,18+/m1/s1. The Kier molecular flexibility index (Phi) is 4.55. The van der Waals surface area contributed by atoms with E-state index in [1.165, 1.54) is 0 Å². The van der Waals surface area contributed by atoms with E-state index in [4.69, 9.17) is 18.7 Å². The summed E-state index contributed by atoms with van der Waals surface area (Å²) in [6, 6.07) is 7.56. The predicted molar refractivity (Wildman–Crippen MR) is 92.1 cm³/mol. The number of carbonyl (C=O) groups excluding carboxylic acids is 1. The van der Waals surface area contributed by atoms with Gasteiger partial charge in [-0.25, -0.2) is 0 Å². The number of amides is 1. The van der Waals surface area contributed by atoms with Crippen LogP contribution in [0.25, 0.3) is 0 Å². The summed E-state index contributed by atoms with van der Waals surface area (Å²) in [7, 11) is 1.69. The second kappa shape index (κ2) is 6.99. The van der Waals surface area contributed by atoms with Crippen LogP contribution in [0.2, 0.25) is 0 Å². The van der Waals surface area contributed by atoms with Crippen LogP contribution in [-0.2, 0) is 22.4 Å². The molecule has 1 saturated heterocycles. The average molecular weight is 358 g/mol. The molecule has 2 aromatic rings. The molecule has 7 heteroatoms. The number of aryl methyl sites for hydroxylation is 1. The minimum atomic E-state index is 0.00103. The monoisotopic (exact) mass is 358 g/mol. The summed E-state index contributed by atoms with van der Waals surface area (Å²) in [5.41, 5.74) is 1.78. The van der Waals surface area contributed by atoms with Gasteiger partial charge in [0.25, 0.3) is 0 Å². The number of carbonyl (C=O) groups is 1. The lowest BCUT2D eigenvalue weighted by atomic mass is 10.0. The highest BCUT2D eigenvalue weighted by Crippen LogP contribution is 2.33.